The van der Waals surface area contributed by atoms with Crippen molar-refractivity contribution >= 4 is 21.6 Å². The van der Waals surface area contributed by atoms with E-state index in [9.17, 15) is 17.6 Å². The van der Waals surface area contributed by atoms with Crippen molar-refractivity contribution in [3.8, 4) is 11.5 Å². The number of hydrogen-bond acceptors (Lipinski definition) is 5. The molecule has 9 heteroatoms. The summed E-state index contributed by atoms with van der Waals surface area (Å²) in [5, 5.41) is 2.85. The molecular weight excluding hydrogens is 411 g/mol. The number of rotatable bonds is 7. The van der Waals surface area contributed by atoms with Crippen LogP contribution in [0.1, 0.15) is 18.4 Å². The highest BCUT2D eigenvalue weighted by Gasteiger charge is 2.32. The van der Waals surface area contributed by atoms with Crippen LogP contribution in [-0.4, -0.2) is 45.9 Å². The Hall–Kier alpha value is -2.65. The van der Waals surface area contributed by atoms with E-state index in [1.54, 1.807) is 24.3 Å². The van der Waals surface area contributed by atoms with E-state index in [2.05, 4.69) is 5.32 Å². The van der Waals surface area contributed by atoms with Crippen LogP contribution in [0.15, 0.2) is 42.5 Å². The lowest BCUT2D eigenvalue weighted by Crippen LogP contribution is -2.42. The van der Waals surface area contributed by atoms with Gasteiger partial charge in [-0.2, -0.15) is 0 Å². The smallest absolute Gasteiger partial charge is 0.227 e. The molecule has 0 saturated carbocycles. The fraction of sp³-hybridized carbons (Fsp3) is 0.381. The molecule has 0 aromatic heterocycles. The van der Waals surface area contributed by atoms with Gasteiger partial charge in [0.25, 0.3) is 0 Å². The average Bonchev–Trinajstić information content (AvgIpc) is 2.75. The molecule has 162 valence electrons. The number of methoxy groups -OCH3 is 2. The van der Waals surface area contributed by atoms with E-state index in [-0.39, 0.29) is 30.5 Å². The van der Waals surface area contributed by atoms with Crippen LogP contribution in [0.4, 0.5) is 10.1 Å². The maximum Gasteiger partial charge on any atom is 0.227 e. The summed E-state index contributed by atoms with van der Waals surface area (Å²) in [6, 6.07) is 10.9. The van der Waals surface area contributed by atoms with E-state index in [0.29, 0.717) is 30.0 Å². The summed E-state index contributed by atoms with van der Waals surface area (Å²) in [7, 11) is -0.619. The van der Waals surface area contributed by atoms with Crippen molar-refractivity contribution in [1.82, 2.24) is 4.31 Å². The van der Waals surface area contributed by atoms with Gasteiger partial charge in [-0.1, -0.05) is 18.2 Å². The molecule has 1 fully saturated rings. The highest BCUT2D eigenvalue weighted by Crippen LogP contribution is 2.30. The third kappa shape index (κ3) is 5.09. The number of carbonyl (C=O) groups is 1. The number of nitrogens with one attached hydrogen (secondary N) is 1. The summed E-state index contributed by atoms with van der Waals surface area (Å²) in [6.07, 6.45) is 0.767. The third-order valence-electron chi connectivity index (χ3n) is 5.18. The summed E-state index contributed by atoms with van der Waals surface area (Å²) < 4.78 is 50.9. The maximum absolute atomic E-state index is 13.8. The second kappa shape index (κ2) is 9.44. The molecule has 0 aliphatic carbocycles. The zero-order valence-corrected chi connectivity index (χ0v) is 17.7. The van der Waals surface area contributed by atoms with Crippen molar-refractivity contribution in [3.05, 3.63) is 53.8 Å². The Morgan fingerprint density at radius 1 is 1.13 bits per heavy atom. The van der Waals surface area contributed by atoms with Gasteiger partial charge in [-0.3, -0.25) is 4.79 Å². The Kier molecular flexibility index (Phi) is 6.94. The van der Waals surface area contributed by atoms with Crippen molar-refractivity contribution in [2.75, 3.05) is 32.6 Å². The molecule has 1 N–H and O–H groups in total. The van der Waals surface area contributed by atoms with Crippen molar-refractivity contribution in [1.29, 1.82) is 0 Å². The molecule has 1 saturated heterocycles. The molecule has 2 aromatic rings. The van der Waals surface area contributed by atoms with Gasteiger partial charge >= 0.3 is 0 Å². The van der Waals surface area contributed by atoms with Crippen LogP contribution in [0.3, 0.4) is 0 Å². The Bertz CT molecular complexity index is 1000. The number of amides is 1. The standard InChI is InChI=1S/C21H25FN2O5S/c1-28-17-7-8-20(29-2)19(13-17)23-21(25)15-9-11-24(12-10-15)30(26,27)14-16-5-3-4-6-18(16)22/h3-8,13,15H,9-12,14H2,1-2H3,(H,23,25). The Morgan fingerprint density at radius 3 is 2.47 bits per heavy atom. The number of carbonyl (C=O) groups excluding carboxylic acids is 1. The first-order valence-electron chi connectivity index (χ1n) is 9.58. The molecule has 0 atom stereocenters. The van der Waals surface area contributed by atoms with Crippen molar-refractivity contribution in [2.24, 2.45) is 5.92 Å². The molecule has 0 bridgehead atoms. The molecular formula is C21H25FN2O5S. The second-order valence-electron chi connectivity index (χ2n) is 7.08. The lowest BCUT2D eigenvalue weighted by atomic mass is 9.97. The van der Waals surface area contributed by atoms with Gasteiger partial charge in [0.05, 0.1) is 25.7 Å². The monoisotopic (exact) mass is 436 g/mol. The zero-order valence-electron chi connectivity index (χ0n) is 16.9. The minimum absolute atomic E-state index is 0.141. The SMILES string of the molecule is COc1ccc(OC)c(NC(=O)C2CCN(S(=O)(=O)Cc3ccccc3F)CC2)c1. The van der Waals surface area contributed by atoms with Gasteiger partial charge in [0, 0.05) is 30.6 Å². The van der Waals surface area contributed by atoms with Crippen LogP contribution >= 0.6 is 0 Å². The van der Waals surface area contributed by atoms with E-state index >= 15 is 0 Å². The van der Waals surface area contributed by atoms with Crippen LogP contribution in [0.2, 0.25) is 0 Å². The molecule has 0 radical (unpaired) electrons. The minimum Gasteiger partial charge on any atom is -0.497 e. The largest absolute Gasteiger partial charge is 0.497 e. The van der Waals surface area contributed by atoms with Crippen molar-refractivity contribution < 1.29 is 27.1 Å². The maximum atomic E-state index is 13.8. The number of anilines is 1. The van der Waals surface area contributed by atoms with E-state index in [4.69, 9.17) is 9.47 Å². The Labute approximate surface area is 175 Å². The van der Waals surface area contributed by atoms with Crippen molar-refractivity contribution in [2.45, 2.75) is 18.6 Å². The van der Waals surface area contributed by atoms with Crippen LogP contribution in [-0.2, 0) is 20.6 Å². The first kappa shape index (κ1) is 22.0. The highest BCUT2D eigenvalue weighted by atomic mass is 32.2. The lowest BCUT2D eigenvalue weighted by Gasteiger charge is -2.30. The Balaban J connectivity index is 1.61. The van der Waals surface area contributed by atoms with Gasteiger partial charge < -0.3 is 14.8 Å². The number of sulfonamides is 1. The first-order chi connectivity index (χ1) is 14.3. The van der Waals surface area contributed by atoms with Crippen LogP contribution in [0.25, 0.3) is 0 Å². The summed E-state index contributed by atoms with van der Waals surface area (Å²) in [6.45, 7) is 0.425. The summed E-state index contributed by atoms with van der Waals surface area (Å²) in [4.78, 5) is 12.7. The molecule has 1 aliphatic heterocycles. The van der Waals surface area contributed by atoms with E-state index < -0.39 is 21.6 Å². The number of halogens is 1. The van der Waals surface area contributed by atoms with Gasteiger partial charge in [0.15, 0.2) is 0 Å². The van der Waals surface area contributed by atoms with Crippen molar-refractivity contribution in [3.63, 3.8) is 0 Å². The molecule has 1 amide bonds. The highest BCUT2D eigenvalue weighted by molar-refractivity contribution is 7.88. The number of piperidine rings is 1. The van der Waals surface area contributed by atoms with E-state index in [1.165, 1.54) is 36.7 Å². The topological polar surface area (TPSA) is 84.9 Å². The van der Waals surface area contributed by atoms with Crippen LogP contribution in [0.5, 0.6) is 11.5 Å². The van der Waals surface area contributed by atoms with Gasteiger partial charge in [-0.15, -0.1) is 0 Å². The van der Waals surface area contributed by atoms with Gasteiger partial charge in [0.2, 0.25) is 15.9 Å². The minimum atomic E-state index is -3.66. The number of ether oxygens (including phenoxy) is 2. The fourth-order valence-electron chi connectivity index (χ4n) is 3.45. The third-order valence-corrected chi connectivity index (χ3v) is 7.01. The summed E-state index contributed by atoms with van der Waals surface area (Å²) in [5.74, 6) is -0.373. The summed E-state index contributed by atoms with van der Waals surface area (Å²) in [5.41, 5.74) is 0.638. The first-order valence-corrected chi connectivity index (χ1v) is 11.2. The molecule has 0 unspecified atom stereocenters. The number of benzene rings is 2. The molecule has 0 spiro atoms. The molecule has 2 aromatic carbocycles. The molecule has 1 heterocycles. The number of hydrogen-bond donors (Lipinski definition) is 1. The normalized spacial score (nSPS) is 15.6. The Morgan fingerprint density at radius 2 is 1.83 bits per heavy atom. The predicted molar refractivity (Wildman–Crippen MR) is 111 cm³/mol. The zero-order chi connectivity index (χ0) is 21.7. The van der Waals surface area contributed by atoms with E-state index in [0.717, 1.165) is 0 Å². The number of nitrogens with zero attached hydrogens (tertiary/aromatic N) is 1. The molecule has 3 rings (SSSR count). The lowest BCUT2D eigenvalue weighted by molar-refractivity contribution is -0.120. The fourth-order valence-corrected chi connectivity index (χ4v) is 5.02. The summed E-state index contributed by atoms with van der Waals surface area (Å²) >= 11 is 0. The van der Waals surface area contributed by atoms with Gasteiger partial charge in [-0.25, -0.2) is 17.1 Å². The molecule has 7 nitrogen and oxygen atoms in total. The van der Waals surface area contributed by atoms with Gasteiger partial charge in [-0.05, 0) is 31.0 Å². The molecule has 1 aliphatic rings. The second-order valence-corrected chi connectivity index (χ2v) is 9.05. The quantitative estimate of drug-likeness (QED) is 0.721. The van der Waals surface area contributed by atoms with E-state index in [1.807, 2.05) is 0 Å². The average molecular weight is 437 g/mol. The predicted octanol–water partition coefficient (Wildman–Crippen LogP) is 3.02. The van der Waals surface area contributed by atoms with Crippen LogP contribution < -0.4 is 14.8 Å². The van der Waals surface area contributed by atoms with Gasteiger partial charge in [0.1, 0.15) is 17.3 Å². The molecule has 30 heavy (non-hydrogen) atoms. The van der Waals surface area contributed by atoms with Crippen LogP contribution in [0, 0.1) is 11.7 Å².